The highest BCUT2D eigenvalue weighted by Gasteiger charge is 2.37. The molecule has 0 saturated carbocycles. The molecular formula is C17H24N4O2. The molecule has 23 heavy (non-hydrogen) atoms. The maximum absolute atomic E-state index is 5.26. The van der Waals surface area contributed by atoms with Gasteiger partial charge in [-0.3, -0.25) is 0 Å². The summed E-state index contributed by atoms with van der Waals surface area (Å²) in [4.78, 5) is 8.95. The van der Waals surface area contributed by atoms with Crippen LogP contribution in [0.5, 0.6) is 5.75 Å². The summed E-state index contributed by atoms with van der Waals surface area (Å²) in [6, 6.07) is 8.75. The van der Waals surface area contributed by atoms with Crippen molar-refractivity contribution in [2.75, 3.05) is 39.2 Å². The van der Waals surface area contributed by atoms with Crippen LogP contribution in [-0.4, -0.2) is 55.4 Å². The standard InChI is InChI=1S/C17H24N4O2/c1-5-16-18-17(19-23-16)21-10-14(15(11-21)20(2)3)12-6-8-13(22-4)9-7-12/h6-9,14-15H,5,10-11H2,1-4H3/t14-,15+/m0/s1. The number of aromatic nitrogens is 2. The predicted octanol–water partition coefficient (Wildman–Crippen LogP) is 2.17. The second kappa shape index (κ2) is 6.58. The molecule has 1 aromatic carbocycles. The average Bonchev–Trinajstić information content (AvgIpc) is 3.21. The number of ether oxygens (including phenoxy) is 1. The Morgan fingerprint density at radius 3 is 2.57 bits per heavy atom. The van der Waals surface area contributed by atoms with Gasteiger partial charge < -0.3 is 19.1 Å². The van der Waals surface area contributed by atoms with Gasteiger partial charge in [-0.25, -0.2) is 0 Å². The zero-order valence-electron chi connectivity index (χ0n) is 14.2. The third kappa shape index (κ3) is 3.17. The van der Waals surface area contributed by atoms with Gasteiger partial charge in [-0.2, -0.15) is 4.98 Å². The molecule has 6 nitrogen and oxygen atoms in total. The van der Waals surface area contributed by atoms with Crippen LogP contribution in [0.3, 0.4) is 0 Å². The van der Waals surface area contributed by atoms with Crippen molar-refractivity contribution in [3.05, 3.63) is 35.7 Å². The highest BCUT2D eigenvalue weighted by atomic mass is 16.5. The number of benzene rings is 1. The molecule has 1 aliphatic heterocycles. The Labute approximate surface area is 137 Å². The number of hydrogen-bond acceptors (Lipinski definition) is 6. The minimum Gasteiger partial charge on any atom is -0.497 e. The van der Waals surface area contributed by atoms with Gasteiger partial charge in [0.1, 0.15) is 5.75 Å². The summed E-state index contributed by atoms with van der Waals surface area (Å²) < 4.78 is 10.5. The SMILES string of the molecule is CCc1nc(N2C[C@@H](N(C)C)[C@H](c3ccc(OC)cc3)C2)no1. The van der Waals surface area contributed by atoms with E-state index in [0.717, 1.165) is 25.3 Å². The Morgan fingerprint density at radius 1 is 1.26 bits per heavy atom. The summed E-state index contributed by atoms with van der Waals surface area (Å²) in [6.07, 6.45) is 0.764. The molecule has 0 spiro atoms. The highest BCUT2D eigenvalue weighted by Crippen LogP contribution is 2.33. The second-order valence-corrected chi connectivity index (χ2v) is 6.16. The summed E-state index contributed by atoms with van der Waals surface area (Å²) in [5, 5.41) is 4.12. The van der Waals surface area contributed by atoms with Crippen LogP contribution in [0.4, 0.5) is 5.95 Å². The van der Waals surface area contributed by atoms with Crippen molar-refractivity contribution in [3.63, 3.8) is 0 Å². The Bertz CT molecular complexity index is 638. The molecule has 0 aliphatic carbocycles. The van der Waals surface area contributed by atoms with Gasteiger partial charge in [0.25, 0.3) is 5.95 Å². The first-order chi connectivity index (χ1) is 11.1. The van der Waals surface area contributed by atoms with E-state index in [1.807, 2.05) is 19.1 Å². The molecule has 0 amide bonds. The van der Waals surface area contributed by atoms with Crippen molar-refractivity contribution >= 4 is 5.95 Å². The van der Waals surface area contributed by atoms with Crippen molar-refractivity contribution in [3.8, 4) is 5.75 Å². The number of anilines is 1. The van der Waals surface area contributed by atoms with Crippen LogP contribution in [0.1, 0.15) is 24.3 Å². The molecule has 0 unspecified atom stereocenters. The highest BCUT2D eigenvalue weighted by molar-refractivity contribution is 5.38. The molecule has 1 fully saturated rings. The van der Waals surface area contributed by atoms with E-state index in [4.69, 9.17) is 9.26 Å². The lowest BCUT2D eigenvalue weighted by atomic mass is 9.94. The summed E-state index contributed by atoms with van der Waals surface area (Å²) in [5.41, 5.74) is 1.31. The molecule has 1 aromatic heterocycles. The van der Waals surface area contributed by atoms with E-state index in [2.05, 4.69) is 46.2 Å². The maximum Gasteiger partial charge on any atom is 0.266 e. The van der Waals surface area contributed by atoms with Gasteiger partial charge in [0.05, 0.1) is 7.11 Å². The zero-order chi connectivity index (χ0) is 16.4. The van der Waals surface area contributed by atoms with E-state index in [1.54, 1.807) is 7.11 Å². The molecule has 1 aliphatic rings. The van der Waals surface area contributed by atoms with E-state index in [1.165, 1.54) is 5.56 Å². The second-order valence-electron chi connectivity index (χ2n) is 6.16. The van der Waals surface area contributed by atoms with Gasteiger partial charge in [-0.1, -0.05) is 19.1 Å². The summed E-state index contributed by atoms with van der Waals surface area (Å²) in [7, 11) is 5.94. The number of likely N-dealkylation sites (N-methyl/N-ethyl adjacent to an activating group) is 1. The van der Waals surface area contributed by atoms with Crippen molar-refractivity contribution in [2.45, 2.75) is 25.3 Å². The lowest BCUT2D eigenvalue weighted by Crippen LogP contribution is -2.34. The van der Waals surface area contributed by atoms with Gasteiger partial charge in [0.2, 0.25) is 5.89 Å². The van der Waals surface area contributed by atoms with Gasteiger partial charge in [0.15, 0.2) is 0 Å². The van der Waals surface area contributed by atoms with Gasteiger partial charge in [-0.15, -0.1) is 0 Å². The fourth-order valence-corrected chi connectivity index (χ4v) is 3.17. The fraction of sp³-hybridized carbons (Fsp3) is 0.529. The number of hydrogen-bond donors (Lipinski definition) is 0. The van der Waals surface area contributed by atoms with Crippen LogP contribution in [-0.2, 0) is 6.42 Å². The quantitative estimate of drug-likeness (QED) is 0.843. The molecule has 0 bridgehead atoms. The molecule has 3 rings (SSSR count). The van der Waals surface area contributed by atoms with Crippen molar-refractivity contribution in [1.82, 2.24) is 15.0 Å². The summed E-state index contributed by atoms with van der Waals surface area (Å²) in [6.45, 7) is 3.80. The summed E-state index contributed by atoms with van der Waals surface area (Å²) >= 11 is 0. The van der Waals surface area contributed by atoms with Crippen LogP contribution in [0.2, 0.25) is 0 Å². The molecule has 2 aromatic rings. The number of methoxy groups -OCH3 is 1. The number of nitrogens with zero attached hydrogens (tertiary/aromatic N) is 4. The van der Waals surface area contributed by atoms with Gasteiger partial charge in [-0.05, 0) is 36.9 Å². The number of rotatable bonds is 5. The first-order valence-corrected chi connectivity index (χ1v) is 8.00. The zero-order valence-corrected chi connectivity index (χ0v) is 14.2. The van der Waals surface area contributed by atoms with E-state index in [9.17, 15) is 0 Å². The Balaban J connectivity index is 1.83. The minimum atomic E-state index is 0.402. The van der Waals surface area contributed by atoms with Crippen molar-refractivity contribution < 1.29 is 9.26 Å². The molecule has 1 saturated heterocycles. The predicted molar refractivity (Wildman–Crippen MR) is 89.1 cm³/mol. The van der Waals surface area contributed by atoms with E-state index < -0.39 is 0 Å². The molecule has 0 N–H and O–H groups in total. The molecule has 6 heteroatoms. The van der Waals surface area contributed by atoms with E-state index in [-0.39, 0.29) is 0 Å². The largest absolute Gasteiger partial charge is 0.497 e. The van der Waals surface area contributed by atoms with Crippen LogP contribution < -0.4 is 9.64 Å². The topological polar surface area (TPSA) is 54.6 Å². The maximum atomic E-state index is 5.26. The Kier molecular flexibility index (Phi) is 4.52. The van der Waals surface area contributed by atoms with Crippen LogP contribution in [0.25, 0.3) is 0 Å². The van der Waals surface area contributed by atoms with Crippen LogP contribution >= 0.6 is 0 Å². The van der Waals surface area contributed by atoms with Gasteiger partial charge in [0, 0.05) is 31.5 Å². The third-order valence-corrected chi connectivity index (χ3v) is 4.54. The normalized spacial score (nSPS) is 21.2. The third-order valence-electron chi connectivity index (χ3n) is 4.54. The molecular weight excluding hydrogens is 292 g/mol. The van der Waals surface area contributed by atoms with Crippen LogP contribution in [0.15, 0.2) is 28.8 Å². The first-order valence-electron chi connectivity index (χ1n) is 8.00. The number of aryl methyl sites for hydroxylation is 1. The molecule has 124 valence electrons. The minimum absolute atomic E-state index is 0.402. The lowest BCUT2D eigenvalue weighted by molar-refractivity contribution is 0.292. The smallest absolute Gasteiger partial charge is 0.266 e. The molecule has 2 heterocycles. The first kappa shape index (κ1) is 15.8. The average molecular weight is 316 g/mol. The molecule has 2 atom stereocenters. The van der Waals surface area contributed by atoms with E-state index in [0.29, 0.717) is 23.8 Å². The van der Waals surface area contributed by atoms with Gasteiger partial charge >= 0.3 is 0 Å². The Morgan fingerprint density at radius 2 is 2.00 bits per heavy atom. The monoisotopic (exact) mass is 316 g/mol. The van der Waals surface area contributed by atoms with E-state index >= 15 is 0 Å². The lowest BCUT2D eigenvalue weighted by Gasteiger charge is -2.25. The van der Waals surface area contributed by atoms with Crippen molar-refractivity contribution in [2.24, 2.45) is 0 Å². The van der Waals surface area contributed by atoms with Crippen LogP contribution in [0, 0.1) is 0 Å². The molecule has 0 radical (unpaired) electrons. The fourth-order valence-electron chi connectivity index (χ4n) is 3.17. The van der Waals surface area contributed by atoms with Crippen molar-refractivity contribution in [1.29, 1.82) is 0 Å². The Hall–Kier alpha value is -2.08. The summed E-state index contributed by atoms with van der Waals surface area (Å²) in [5.74, 6) is 2.68.